The lowest BCUT2D eigenvalue weighted by atomic mass is 10.1. The van der Waals surface area contributed by atoms with Crippen LogP contribution < -0.4 is 4.90 Å². The molecule has 0 radical (unpaired) electrons. The lowest BCUT2D eigenvalue weighted by Gasteiger charge is -2.41. The highest BCUT2D eigenvalue weighted by Gasteiger charge is 2.34. The quantitative estimate of drug-likeness (QED) is 0.586. The van der Waals surface area contributed by atoms with Crippen molar-refractivity contribution in [2.75, 3.05) is 18.0 Å². The van der Waals surface area contributed by atoms with Crippen LogP contribution in [0.5, 0.6) is 0 Å². The second kappa shape index (κ2) is 7.69. The molecule has 136 valence electrons. The summed E-state index contributed by atoms with van der Waals surface area (Å²) in [4.78, 5) is 2.22. The predicted molar refractivity (Wildman–Crippen MR) is 110 cm³/mol. The van der Waals surface area contributed by atoms with Gasteiger partial charge in [-0.05, 0) is 49.2 Å². The number of piperidine rings is 1. The molecule has 2 aromatic carbocycles. The Labute approximate surface area is 169 Å². The second-order valence-electron chi connectivity index (χ2n) is 6.62. The maximum atomic E-state index is 6.59. The van der Waals surface area contributed by atoms with E-state index in [0.29, 0.717) is 10.0 Å². The first-order valence-corrected chi connectivity index (χ1v) is 9.97. The molecule has 0 N–H and O–H groups in total. The molecule has 1 atom stereocenters. The number of hydrogen-bond donors (Lipinski definition) is 0. The van der Waals surface area contributed by atoms with E-state index in [9.17, 15) is 0 Å². The van der Waals surface area contributed by atoms with Gasteiger partial charge in [-0.3, -0.25) is 5.01 Å². The zero-order chi connectivity index (χ0) is 18.1. The van der Waals surface area contributed by atoms with Crippen molar-refractivity contribution in [2.24, 2.45) is 0 Å². The summed E-state index contributed by atoms with van der Waals surface area (Å²) in [6.07, 6.45) is 7.92. The zero-order valence-electron chi connectivity index (χ0n) is 14.3. The maximum Gasteiger partial charge on any atom is 0.147 e. The van der Waals surface area contributed by atoms with Gasteiger partial charge in [0.05, 0.1) is 0 Å². The summed E-state index contributed by atoms with van der Waals surface area (Å²) in [6.45, 7) is 2.11. The fourth-order valence-corrected chi connectivity index (χ4v) is 4.26. The standard InChI is InChI=1S/C20H20Cl3N3/c21-15-4-7-17(8-5-15)25-12-13-26(24-10-2-1-3-11-24)20(25)18-9-6-16(22)14-19(18)23/h4-9,12-14,20H,1-3,10-11H2. The Kier molecular flexibility index (Phi) is 5.32. The largest absolute Gasteiger partial charge is 0.320 e. The van der Waals surface area contributed by atoms with Crippen LogP contribution in [-0.4, -0.2) is 23.1 Å². The van der Waals surface area contributed by atoms with Crippen LogP contribution >= 0.6 is 34.8 Å². The first-order chi connectivity index (χ1) is 12.6. The Morgan fingerprint density at radius 3 is 2.15 bits per heavy atom. The maximum absolute atomic E-state index is 6.59. The molecular formula is C20H20Cl3N3. The molecule has 3 nitrogen and oxygen atoms in total. The SMILES string of the molecule is Clc1ccc(N2C=CN(N3CCCCC3)C2c2ccc(Cl)cc2Cl)cc1. The third kappa shape index (κ3) is 3.54. The van der Waals surface area contributed by atoms with Crippen molar-refractivity contribution in [3.8, 4) is 0 Å². The van der Waals surface area contributed by atoms with Gasteiger partial charge >= 0.3 is 0 Å². The smallest absolute Gasteiger partial charge is 0.147 e. The Morgan fingerprint density at radius 2 is 1.46 bits per heavy atom. The molecule has 0 amide bonds. The molecule has 1 fully saturated rings. The summed E-state index contributed by atoms with van der Waals surface area (Å²) in [7, 11) is 0. The van der Waals surface area contributed by atoms with E-state index < -0.39 is 0 Å². The fraction of sp³-hybridized carbons (Fsp3) is 0.300. The molecule has 0 saturated carbocycles. The topological polar surface area (TPSA) is 9.72 Å². The molecule has 0 bridgehead atoms. The average Bonchev–Trinajstić information content (AvgIpc) is 3.08. The third-order valence-electron chi connectivity index (χ3n) is 4.92. The van der Waals surface area contributed by atoms with Gasteiger partial charge in [-0.25, -0.2) is 5.01 Å². The molecule has 26 heavy (non-hydrogen) atoms. The minimum absolute atomic E-state index is 0.0426. The Bertz CT molecular complexity index is 800. The van der Waals surface area contributed by atoms with Gasteiger partial charge in [0, 0.05) is 51.8 Å². The highest BCUT2D eigenvalue weighted by atomic mass is 35.5. The van der Waals surface area contributed by atoms with E-state index in [1.54, 1.807) is 0 Å². The van der Waals surface area contributed by atoms with E-state index in [1.807, 2.05) is 42.5 Å². The van der Waals surface area contributed by atoms with Crippen LogP contribution in [0.4, 0.5) is 5.69 Å². The summed E-state index contributed by atoms with van der Waals surface area (Å²) in [5.74, 6) is 0. The molecule has 4 rings (SSSR count). The molecule has 0 aliphatic carbocycles. The van der Waals surface area contributed by atoms with Crippen LogP contribution in [0.3, 0.4) is 0 Å². The highest BCUT2D eigenvalue weighted by molar-refractivity contribution is 6.35. The van der Waals surface area contributed by atoms with E-state index in [1.165, 1.54) is 19.3 Å². The molecule has 0 aromatic heterocycles. The fourth-order valence-electron chi connectivity index (χ4n) is 3.63. The van der Waals surface area contributed by atoms with Crippen molar-refractivity contribution in [1.29, 1.82) is 0 Å². The van der Waals surface area contributed by atoms with Gasteiger partial charge in [-0.1, -0.05) is 47.3 Å². The molecule has 2 aliphatic rings. The number of hydrogen-bond acceptors (Lipinski definition) is 3. The number of anilines is 1. The summed E-state index contributed by atoms with van der Waals surface area (Å²) in [5.41, 5.74) is 2.10. The normalized spacial score (nSPS) is 20.8. The second-order valence-corrected chi connectivity index (χ2v) is 7.90. The minimum atomic E-state index is -0.0426. The lowest BCUT2D eigenvalue weighted by molar-refractivity contribution is -0.0213. The van der Waals surface area contributed by atoms with Crippen LogP contribution in [0, 0.1) is 0 Å². The minimum Gasteiger partial charge on any atom is -0.320 e. The number of halogens is 3. The van der Waals surface area contributed by atoms with Gasteiger partial charge in [0.25, 0.3) is 0 Å². The molecule has 1 unspecified atom stereocenters. The van der Waals surface area contributed by atoms with Crippen molar-refractivity contribution in [2.45, 2.75) is 25.4 Å². The van der Waals surface area contributed by atoms with Gasteiger partial charge in [-0.2, -0.15) is 0 Å². The third-order valence-corrected chi connectivity index (χ3v) is 5.73. The van der Waals surface area contributed by atoms with Crippen LogP contribution in [0.1, 0.15) is 31.0 Å². The summed E-state index contributed by atoms with van der Waals surface area (Å²) >= 11 is 18.8. The molecule has 0 spiro atoms. The van der Waals surface area contributed by atoms with Crippen molar-refractivity contribution in [1.82, 2.24) is 10.0 Å². The summed E-state index contributed by atoms with van der Waals surface area (Å²) in [5, 5.41) is 6.75. The highest BCUT2D eigenvalue weighted by Crippen LogP contribution is 2.40. The first kappa shape index (κ1) is 18.0. The number of rotatable bonds is 3. The van der Waals surface area contributed by atoms with E-state index in [-0.39, 0.29) is 6.17 Å². The molecule has 2 aromatic rings. The summed E-state index contributed by atoms with van der Waals surface area (Å²) < 4.78 is 0. The number of hydrazine groups is 1. The van der Waals surface area contributed by atoms with Crippen LogP contribution in [-0.2, 0) is 0 Å². The first-order valence-electron chi connectivity index (χ1n) is 8.84. The molecule has 2 aliphatic heterocycles. The van der Waals surface area contributed by atoms with Crippen LogP contribution in [0.15, 0.2) is 54.9 Å². The zero-order valence-corrected chi connectivity index (χ0v) is 16.6. The van der Waals surface area contributed by atoms with E-state index in [2.05, 4.69) is 27.3 Å². The molecule has 2 heterocycles. The lowest BCUT2D eigenvalue weighted by Crippen LogP contribution is -2.45. The number of benzene rings is 2. The Morgan fingerprint density at radius 1 is 0.769 bits per heavy atom. The monoisotopic (exact) mass is 407 g/mol. The van der Waals surface area contributed by atoms with Gasteiger partial charge in [0.2, 0.25) is 0 Å². The van der Waals surface area contributed by atoms with E-state index in [4.69, 9.17) is 34.8 Å². The molecule has 1 saturated heterocycles. The Hall–Kier alpha value is -1.39. The van der Waals surface area contributed by atoms with Gasteiger partial charge in [-0.15, -0.1) is 0 Å². The van der Waals surface area contributed by atoms with Crippen molar-refractivity contribution < 1.29 is 0 Å². The van der Waals surface area contributed by atoms with Gasteiger partial charge < -0.3 is 4.90 Å². The summed E-state index contributed by atoms with van der Waals surface area (Å²) in [6, 6.07) is 13.6. The van der Waals surface area contributed by atoms with Crippen molar-refractivity contribution >= 4 is 40.5 Å². The number of nitrogens with zero attached hydrogens (tertiary/aromatic N) is 3. The predicted octanol–water partition coefficient (Wildman–Crippen LogP) is 6.34. The van der Waals surface area contributed by atoms with Crippen LogP contribution in [0.25, 0.3) is 0 Å². The van der Waals surface area contributed by atoms with E-state index >= 15 is 0 Å². The Balaban J connectivity index is 1.73. The van der Waals surface area contributed by atoms with E-state index in [0.717, 1.165) is 29.4 Å². The molecule has 6 heteroatoms. The van der Waals surface area contributed by atoms with Gasteiger partial charge in [0.15, 0.2) is 0 Å². The van der Waals surface area contributed by atoms with Crippen LogP contribution in [0.2, 0.25) is 15.1 Å². The van der Waals surface area contributed by atoms with Crippen molar-refractivity contribution in [3.05, 3.63) is 75.5 Å². The average molecular weight is 409 g/mol. The molecular weight excluding hydrogens is 389 g/mol. The van der Waals surface area contributed by atoms with Gasteiger partial charge in [0.1, 0.15) is 6.17 Å². The van der Waals surface area contributed by atoms with Crippen molar-refractivity contribution in [3.63, 3.8) is 0 Å².